The number of alkyl halides is 3. The van der Waals surface area contributed by atoms with Gasteiger partial charge >= 0.3 is 6.18 Å². The van der Waals surface area contributed by atoms with E-state index in [0.29, 0.717) is 21.8 Å². The summed E-state index contributed by atoms with van der Waals surface area (Å²) >= 11 is 7.12. The van der Waals surface area contributed by atoms with Gasteiger partial charge in [0.15, 0.2) is 11.0 Å². The summed E-state index contributed by atoms with van der Waals surface area (Å²) in [4.78, 5) is 0. The first-order chi connectivity index (χ1) is 10.4. The van der Waals surface area contributed by atoms with Gasteiger partial charge in [-0.2, -0.15) is 13.2 Å². The first kappa shape index (κ1) is 17.1. The number of hydrogen-bond donors (Lipinski definition) is 0. The Morgan fingerprint density at radius 3 is 2.55 bits per heavy atom. The van der Waals surface area contributed by atoms with Crippen LogP contribution in [0.25, 0.3) is 11.4 Å². The lowest BCUT2D eigenvalue weighted by molar-refractivity contribution is -0.172. The van der Waals surface area contributed by atoms with Gasteiger partial charge < -0.3 is 9.30 Å². The normalized spacial score (nSPS) is 11.9. The monoisotopic (exact) mass is 351 g/mol. The number of hydrogen-bond acceptors (Lipinski definition) is 4. The lowest BCUT2D eigenvalue weighted by Gasteiger charge is -2.07. The molecule has 0 aliphatic carbocycles. The fourth-order valence-electron chi connectivity index (χ4n) is 1.67. The summed E-state index contributed by atoms with van der Waals surface area (Å²) in [6, 6.07) is 7.16. The molecular weight excluding hydrogens is 339 g/mol. The fourth-order valence-corrected chi connectivity index (χ4v) is 2.56. The van der Waals surface area contributed by atoms with Gasteiger partial charge in [-0.1, -0.05) is 23.4 Å². The maximum absolute atomic E-state index is 11.9. The Morgan fingerprint density at radius 1 is 1.23 bits per heavy atom. The molecule has 0 aliphatic heterocycles. The van der Waals surface area contributed by atoms with Crippen LogP contribution < -0.4 is 0 Å². The molecule has 0 fully saturated rings. The van der Waals surface area contributed by atoms with Crippen LogP contribution >= 0.6 is 23.4 Å². The van der Waals surface area contributed by atoms with Gasteiger partial charge in [0, 0.05) is 23.4 Å². The highest BCUT2D eigenvalue weighted by Gasteiger charge is 2.27. The lowest BCUT2D eigenvalue weighted by atomic mass is 10.2. The van der Waals surface area contributed by atoms with E-state index in [4.69, 9.17) is 11.6 Å². The molecule has 0 radical (unpaired) electrons. The molecular formula is C13H13ClF3N3OS. The highest BCUT2D eigenvalue weighted by Crippen LogP contribution is 2.24. The van der Waals surface area contributed by atoms with E-state index in [9.17, 15) is 13.2 Å². The zero-order valence-electron chi connectivity index (χ0n) is 11.6. The van der Waals surface area contributed by atoms with Crippen LogP contribution in [0, 0.1) is 0 Å². The van der Waals surface area contributed by atoms with E-state index in [1.54, 1.807) is 23.7 Å². The average Bonchev–Trinajstić information content (AvgIpc) is 2.80. The van der Waals surface area contributed by atoms with Crippen molar-refractivity contribution in [3.8, 4) is 11.4 Å². The summed E-state index contributed by atoms with van der Waals surface area (Å²) in [5.74, 6) is 1.03. The van der Waals surface area contributed by atoms with Crippen molar-refractivity contribution in [2.45, 2.75) is 11.3 Å². The van der Waals surface area contributed by atoms with Gasteiger partial charge in [0.1, 0.15) is 6.61 Å². The molecule has 0 saturated heterocycles. The Kier molecular flexibility index (Phi) is 5.71. The number of halogens is 4. The van der Waals surface area contributed by atoms with Crippen LogP contribution in [0.4, 0.5) is 13.2 Å². The van der Waals surface area contributed by atoms with Crippen LogP contribution in [0.1, 0.15) is 0 Å². The second-order valence-corrected chi connectivity index (χ2v) is 5.89. The lowest BCUT2D eigenvalue weighted by Crippen LogP contribution is -2.17. The number of nitrogens with zero attached hydrogens (tertiary/aromatic N) is 3. The molecule has 0 N–H and O–H groups in total. The van der Waals surface area contributed by atoms with Crippen molar-refractivity contribution in [1.82, 2.24) is 14.8 Å². The molecule has 0 aliphatic rings. The molecule has 0 amide bonds. The van der Waals surface area contributed by atoms with Gasteiger partial charge in [-0.05, 0) is 24.3 Å². The minimum absolute atomic E-state index is 0.00663. The summed E-state index contributed by atoms with van der Waals surface area (Å²) in [5, 5.41) is 9.35. The molecule has 2 aromatic rings. The zero-order chi connectivity index (χ0) is 16.2. The Morgan fingerprint density at radius 2 is 1.91 bits per heavy atom. The zero-order valence-corrected chi connectivity index (χ0v) is 13.2. The van der Waals surface area contributed by atoms with Crippen LogP contribution in [0.3, 0.4) is 0 Å². The fraction of sp³-hybridized carbons (Fsp3) is 0.385. The number of benzene rings is 1. The van der Waals surface area contributed by atoms with Crippen molar-refractivity contribution in [3.63, 3.8) is 0 Å². The van der Waals surface area contributed by atoms with E-state index >= 15 is 0 Å². The minimum Gasteiger partial charge on any atom is -0.371 e. The maximum Gasteiger partial charge on any atom is 0.411 e. The van der Waals surface area contributed by atoms with E-state index < -0.39 is 12.8 Å². The summed E-state index contributed by atoms with van der Waals surface area (Å²) in [7, 11) is 1.79. The van der Waals surface area contributed by atoms with Crippen LogP contribution in [-0.4, -0.2) is 39.9 Å². The third kappa shape index (κ3) is 4.89. The molecule has 9 heteroatoms. The quantitative estimate of drug-likeness (QED) is 0.586. The largest absolute Gasteiger partial charge is 0.411 e. The van der Waals surface area contributed by atoms with Crippen LogP contribution in [-0.2, 0) is 11.8 Å². The van der Waals surface area contributed by atoms with Gasteiger partial charge in [-0.3, -0.25) is 0 Å². The second kappa shape index (κ2) is 7.34. The molecule has 0 atom stereocenters. The van der Waals surface area contributed by atoms with Crippen LogP contribution in [0.15, 0.2) is 29.4 Å². The molecule has 4 nitrogen and oxygen atoms in total. The van der Waals surface area contributed by atoms with Crippen molar-refractivity contribution in [1.29, 1.82) is 0 Å². The SMILES string of the molecule is Cn1c(SCCOCC(F)(F)F)nnc1-c1ccc(Cl)cc1. The molecule has 22 heavy (non-hydrogen) atoms. The Labute approximate surface area is 134 Å². The average molecular weight is 352 g/mol. The van der Waals surface area contributed by atoms with E-state index in [1.165, 1.54) is 11.8 Å². The standard InChI is InChI=1S/C13H13ClF3N3OS/c1-20-11(9-2-4-10(14)5-3-9)18-19-12(20)22-7-6-21-8-13(15,16)17/h2-5H,6-8H2,1H3. The highest BCUT2D eigenvalue weighted by molar-refractivity contribution is 7.99. The molecule has 2 rings (SSSR count). The first-order valence-electron chi connectivity index (χ1n) is 6.29. The third-order valence-corrected chi connectivity index (χ3v) is 3.90. The van der Waals surface area contributed by atoms with Crippen molar-refractivity contribution >= 4 is 23.4 Å². The summed E-state index contributed by atoms with van der Waals surface area (Å²) in [6.07, 6.45) is -4.29. The van der Waals surface area contributed by atoms with E-state index in [0.717, 1.165) is 5.56 Å². The van der Waals surface area contributed by atoms with E-state index in [-0.39, 0.29) is 6.61 Å². The van der Waals surface area contributed by atoms with Crippen molar-refractivity contribution in [2.24, 2.45) is 7.05 Å². The number of rotatable bonds is 6. The van der Waals surface area contributed by atoms with Gasteiger partial charge in [-0.15, -0.1) is 10.2 Å². The summed E-state index contributed by atoms with van der Waals surface area (Å²) in [5.41, 5.74) is 0.861. The third-order valence-electron chi connectivity index (χ3n) is 2.66. The molecule has 1 heterocycles. The van der Waals surface area contributed by atoms with Crippen molar-refractivity contribution in [3.05, 3.63) is 29.3 Å². The Balaban J connectivity index is 1.90. The topological polar surface area (TPSA) is 39.9 Å². The van der Waals surface area contributed by atoms with E-state index in [1.807, 2.05) is 12.1 Å². The molecule has 0 unspecified atom stereocenters. The number of thioether (sulfide) groups is 1. The molecule has 1 aromatic heterocycles. The molecule has 0 spiro atoms. The molecule has 0 bridgehead atoms. The minimum atomic E-state index is -4.29. The smallest absolute Gasteiger partial charge is 0.371 e. The maximum atomic E-state index is 11.9. The van der Waals surface area contributed by atoms with Gasteiger partial charge in [-0.25, -0.2) is 0 Å². The summed E-state index contributed by atoms with van der Waals surface area (Å²) < 4.78 is 42.1. The highest BCUT2D eigenvalue weighted by atomic mass is 35.5. The molecule has 1 aromatic carbocycles. The predicted molar refractivity (Wildman–Crippen MR) is 79.0 cm³/mol. The number of aromatic nitrogens is 3. The predicted octanol–water partition coefficient (Wildman–Crippen LogP) is 3.81. The molecule has 120 valence electrons. The first-order valence-corrected chi connectivity index (χ1v) is 7.66. The van der Waals surface area contributed by atoms with Crippen molar-refractivity contribution in [2.75, 3.05) is 19.0 Å². The summed E-state index contributed by atoms with van der Waals surface area (Å²) in [6.45, 7) is -1.24. The Hall–Kier alpha value is -1.25. The van der Waals surface area contributed by atoms with Crippen LogP contribution in [0.2, 0.25) is 5.02 Å². The van der Waals surface area contributed by atoms with Crippen LogP contribution in [0.5, 0.6) is 0 Å². The van der Waals surface area contributed by atoms with Crippen molar-refractivity contribution < 1.29 is 17.9 Å². The second-order valence-electron chi connectivity index (χ2n) is 4.39. The Bertz CT molecular complexity index is 616. The van der Waals surface area contributed by atoms with Gasteiger partial charge in [0.25, 0.3) is 0 Å². The number of ether oxygens (including phenoxy) is 1. The van der Waals surface area contributed by atoms with Gasteiger partial charge in [0.2, 0.25) is 0 Å². The van der Waals surface area contributed by atoms with E-state index in [2.05, 4.69) is 14.9 Å². The van der Waals surface area contributed by atoms with Gasteiger partial charge in [0.05, 0.1) is 6.61 Å². The molecule has 0 saturated carbocycles.